The average Bonchev–Trinajstić information content (AvgIpc) is 2.91. The summed E-state index contributed by atoms with van der Waals surface area (Å²) in [7, 11) is 0. The first-order valence-electron chi connectivity index (χ1n) is 13.8. The molecule has 11 heteroatoms. The van der Waals surface area contributed by atoms with Crippen LogP contribution in [0.3, 0.4) is 0 Å². The van der Waals surface area contributed by atoms with Gasteiger partial charge in [0.05, 0.1) is 0 Å². The number of carbonyl (C=O) groups excluding carboxylic acids is 4. The van der Waals surface area contributed by atoms with Crippen molar-refractivity contribution >= 4 is 29.7 Å². The monoisotopic (exact) mass is 545 g/mol. The third-order valence-corrected chi connectivity index (χ3v) is 7.05. The molecule has 5 atom stereocenters. The Bertz CT molecular complexity index is 986. The maximum Gasteiger partial charge on any atom is 0.326 e. The minimum absolute atomic E-state index is 0.247. The molecule has 11 nitrogen and oxygen atoms in total. The fraction of sp³-hybridized carbons (Fsp3) is 0.607. The number of carboxylic acid groups (broad SMARTS) is 1. The van der Waals surface area contributed by atoms with Gasteiger partial charge in [0.2, 0.25) is 17.7 Å². The molecular formula is C28H43N5O6. The van der Waals surface area contributed by atoms with Crippen LogP contribution in [-0.4, -0.2) is 65.5 Å². The summed E-state index contributed by atoms with van der Waals surface area (Å²) in [5, 5.41) is 22.9. The summed E-state index contributed by atoms with van der Waals surface area (Å²) in [5.74, 6) is -3.08. The van der Waals surface area contributed by atoms with E-state index in [4.69, 9.17) is 0 Å². The lowest BCUT2D eigenvalue weighted by atomic mass is 9.96. The number of hydrogen-bond acceptors (Lipinski definition) is 5. The zero-order valence-electron chi connectivity index (χ0n) is 23.3. The Morgan fingerprint density at radius 3 is 2.31 bits per heavy atom. The Labute approximate surface area is 230 Å². The van der Waals surface area contributed by atoms with Crippen LogP contribution in [0, 0.1) is 11.8 Å². The lowest BCUT2D eigenvalue weighted by Gasteiger charge is -2.28. The van der Waals surface area contributed by atoms with Crippen LogP contribution in [0.15, 0.2) is 30.3 Å². The molecule has 1 heterocycles. The highest BCUT2D eigenvalue weighted by molar-refractivity contribution is 5.94. The third kappa shape index (κ3) is 10.2. The molecule has 1 aliphatic heterocycles. The van der Waals surface area contributed by atoms with Crippen molar-refractivity contribution in [2.75, 3.05) is 6.54 Å². The van der Waals surface area contributed by atoms with Gasteiger partial charge in [-0.1, -0.05) is 64.4 Å². The summed E-state index contributed by atoms with van der Waals surface area (Å²) in [4.78, 5) is 63.8. The number of rotatable bonds is 9. The Kier molecular flexibility index (Phi) is 12.7. The number of hydrogen-bond donors (Lipinski definition) is 6. The zero-order chi connectivity index (χ0) is 28.9. The highest BCUT2D eigenvalue weighted by atomic mass is 16.4. The van der Waals surface area contributed by atoms with Crippen LogP contribution in [0.4, 0.5) is 4.79 Å². The first-order chi connectivity index (χ1) is 18.5. The number of nitrogens with one attached hydrogen (secondary N) is 5. The van der Waals surface area contributed by atoms with Crippen molar-refractivity contribution in [3.63, 3.8) is 0 Å². The van der Waals surface area contributed by atoms with Crippen LogP contribution in [0.1, 0.15) is 65.4 Å². The Hall–Kier alpha value is -3.63. The molecule has 39 heavy (non-hydrogen) atoms. The molecule has 0 aromatic heterocycles. The van der Waals surface area contributed by atoms with E-state index in [1.807, 2.05) is 44.2 Å². The van der Waals surface area contributed by atoms with Crippen molar-refractivity contribution < 1.29 is 29.1 Å². The second-order valence-electron chi connectivity index (χ2n) is 10.5. The molecule has 1 saturated heterocycles. The van der Waals surface area contributed by atoms with Crippen molar-refractivity contribution in [3.8, 4) is 0 Å². The molecule has 1 fully saturated rings. The summed E-state index contributed by atoms with van der Waals surface area (Å²) < 4.78 is 0. The minimum atomic E-state index is -1.18. The molecule has 2 rings (SSSR count). The van der Waals surface area contributed by atoms with Crippen LogP contribution in [-0.2, 0) is 25.6 Å². The molecule has 0 unspecified atom stereocenters. The van der Waals surface area contributed by atoms with Gasteiger partial charge in [0.1, 0.15) is 24.2 Å². The fourth-order valence-electron chi connectivity index (χ4n) is 4.37. The van der Waals surface area contributed by atoms with Gasteiger partial charge in [-0.05, 0) is 49.5 Å². The first kappa shape index (κ1) is 31.6. The van der Waals surface area contributed by atoms with E-state index in [2.05, 4.69) is 26.6 Å². The predicted octanol–water partition coefficient (Wildman–Crippen LogP) is 1.71. The van der Waals surface area contributed by atoms with Crippen molar-refractivity contribution in [2.24, 2.45) is 11.8 Å². The van der Waals surface area contributed by atoms with Crippen LogP contribution in [0.2, 0.25) is 0 Å². The number of carbonyl (C=O) groups is 5. The molecule has 0 radical (unpaired) electrons. The number of amides is 5. The molecule has 0 spiro atoms. The van der Waals surface area contributed by atoms with E-state index >= 15 is 0 Å². The Morgan fingerprint density at radius 1 is 1.00 bits per heavy atom. The lowest BCUT2D eigenvalue weighted by molar-refractivity contribution is -0.140. The van der Waals surface area contributed by atoms with Gasteiger partial charge in [-0.2, -0.15) is 0 Å². The van der Waals surface area contributed by atoms with Gasteiger partial charge >= 0.3 is 12.0 Å². The second-order valence-corrected chi connectivity index (χ2v) is 10.5. The molecule has 1 aromatic rings. The summed E-state index contributed by atoms with van der Waals surface area (Å²) >= 11 is 0. The largest absolute Gasteiger partial charge is 0.480 e. The van der Waals surface area contributed by atoms with Gasteiger partial charge < -0.3 is 31.7 Å². The van der Waals surface area contributed by atoms with E-state index in [9.17, 15) is 29.1 Å². The van der Waals surface area contributed by atoms with E-state index < -0.39 is 48.0 Å². The van der Waals surface area contributed by atoms with Crippen molar-refractivity contribution in [1.29, 1.82) is 0 Å². The number of benzene rings is 1. The maximum atomic E-state index is 13.4. The summed E-state index contributed by atoms with van der Waals surface area (Å²) in [6.07, 6.45) is 2.89. The highest BCUT2D eigenvalue weighted by Crippen LogP contribution is 2.13. The molecule has 0 bridgehead atoms. The average molecular weight is 546 g/mol. The van der Waals surface area contributed by atoms with Gasteiger partial charge in [0.15, 0.2) is 0 Å². The van der Waals surface area contributed by atoms with E-state index in [0.29, 0.717) is 38.6 Å². The molecular weight excluding hydrogens is 502 g/mol. The molecule has 0 saturated carbocycles. The number of carboxylic acids is 1. The van der Waals surface area contributed by atoms with Crippen LogP contribution < -0.4 is 26.6 Å². The summed E-state index contributed by atoms with van der Waals surface area (Å²) in [6, 6.07) is 5.09. The van der Waals surface area contributed by atoms with Gasteiger partial charge in [-0.3, -0.25) is 14.4 Å². The first-order valence-corrected chi connectivity index (χ1v) is 13.8. The Morgan fingerprint density at radius 2 is 1.69 bits per heavy atom. The number of aryl methyl sites for hydroxylation is 1. The molecule has 5 amide bonds. The van der Waals surface area contributed by atoms with Crippen molar-refractivity contribution in [1.82, 2.24) is 26.6 Å². The second kappa shape index (κ2) is 15.7. The molecule has 1 aromatic carbocycles. The molecule has 216 valence electrons. The standard InChI is InChI=1S/C28H43N5O6/c1-5-18(4)23-26(36)30-21(15-14-19-11-7-6-8-12-19)24(34)29-16-10-9-13-20(25(35)32-23)31-28(39)33-22(17(2)3)27(37)38/h6-8,11-12,17-18,20-23H,5,9-10,13-16H2,1-4H3,(H,29,34)(H,30,36)(H,32,35)(H,37,38)(H2,31,33,39)/t18-,20+,21-,22+,23-/m1/s1. The topological polar surface area (TPSA) is 166 Å². The van der Waals surface area contributed by atoms with E-state index in [1.54, 1.807) is 13.8 Å². The van der Waals surface area contributed by atoms with E-state index in [0.717, 1.165) is 5.56 Å². The maximum absolute atomic E-state index is 13.4. The van der Waals surface area contributed by atoms with Crippen LogP contribution >= 0.6 is 0 Å². The fourth-order valence-corrected chi connectivity index (χ4v) is 4.37. The van der Waals surface area contributed by atoms with Crippen molar-refractivity contribution in [3.05, 3.63) is 35.9 Å². The summed E-state index contributed by atoms with van der Waals surface area (Å²) in [5.41, 5.74) is 1.05. The Balaban J connectivity index is 2.21. The minimum Gasteiger partial charge on any atom is -0.480 e. The van der Waals surface area contributed by atoms with Crippen molar-refractivity contribution in [2.45, 2.75) is 90.4 Å². The quantitative estimate of drug-likeness (QED) is 0.276. The van der Waals surface area contributed by atoms with Crippen LogP contribution in [0.25, 0.3) is 0 Å². The van der Waals surface area contributed by atoms with Gasteiger partial charge in [0.25, 0.3) is 0 Å². The van der Waals surface area contributed by atoms with Gasteiger partial charge in [-0.25, -0.2) is 9.59 Å². The molecule has 6 N–H and O–H groups in total. The lowest BCUT2D eigenvalue weighted by Crippen LogP contribution is -2.59. The predicted molar refractivity (Wildman–Crippen MR) is 147 cm³/mol. The van der Waals surface area contributed by atoms with E-state index in [-0.39, 0.29) is 24.2 Å². The van der Waals surface area contributed by atoms with E-state index in [1.165, 1.54) is 0 Å². The van der Waals surface area contributed by atoms with Crippen LogP contribution in [0.5, 0.6) is 0 Å². The SMILES string of the molecule is CC[C@@H](C)[C@H]1NC(=O)[C@@H](NC(=O)N[C@H](C(=O)O)C(C)C)CCCCNC(=O)[C@@H](CCc2ccccc2)NC1=O. The third-order valence-electron chi connectivity index (χ3n) is 7.05. The smallest absolute Gasteiger partial charge is 0.326 e. The van der Waals surface area contributed by atoms with Gasteiger partial charge in [0, 0.05) is 6.54 Å². The number of urea groups is 1. The molecule has 0 aliphatic carbocycles. The molecule has 1 aliphatic rings. The van der Waals surface area contributed by atoms with Gasteiger partial charge in [-0.15, -0.1) is 0 Å². The number of aliphatic carboxylic acids is 1. The normalized spacial score (nSPS) is 22.6. The summed E-state index contributed by atoms with van der Waals surface area (Å²) in [6.45, 7) is 7.41. The zero-order valence-corrected chi connectivity index (χ0v) is 23.3. The highest BCUT2D eigenvalue weighted by Gasteiger charge is 2.33.